The molecular formula is C23H12F3N3O3. The van der Waals surface area contributed by atoms with Crippen molar-refractivity contribution >= 4 is 16.9 Å². The molecule has 0 unspecified atom stereocenters. The third kappa shape index (κ3) is 2.94. The van der Waals surface area contributed by atoms with Gasteiger partial charge >= 0.3 is 5.97 Å². The molecule has 0 spiro atoms. The number of rotatable bonds is 3. The van der Waals surface area contributed by atoms with Crippen molar-refractivity contribution in [1.29, 1.82) is 0 Å². The summed E-state index contributed by atoms with van der Waals surface area (Å²) >= 11 is 0. The van der Waals surface area contributed by atoms with Gasteiger partial charge in [-0.1, -0.05) is 18.2 Å². The van der Waals surface area contributed by atoms with Crippen LogP contribution < -0.4 is 5.56 Å². The number of hydrogen-bond acceptors (Lipinski definition) is 3. The normalized spacial score (nSPS) is 11.3. The van der Waals surface area contributed by atoms with Crippen LogP contribution in [0.2, 0.25) is 0 Å². The van der Waals surface area contributed by atoms with Gasteiger partial charge in [-0.05, 0) is 36.4 Å². The Morgan fingerprint density at radius 1 is 0.938 bits per heavy atom. The van der Waals surface area contributed by atoms with Gasteiger partial charge in [-0.15, -0.1) is 0 Å². The number of aromatic amines is 1. The Morgan fingerprint density at radius 3 is 2.34 bits per heavy atom. The number of carboxylic acid groups (broad SMARTS) is 1. The van der Waals surface area contributed by atoms with Gasteiger partial charge in [0.1, 0.15) is 11.5 Å². The van der Waals surface area contributed by atoms with Crippen molar-refractivity contribution in [2.75, 3.05) is 0 Å². The minimum absolute atomic E-state index is 0.0177. The topological polar surface area (TPSA) is 88.0 Å². The summed E-state index contributed by atoms with van der Waals surface area (Å²) in [6.45, 7) is 0. The molecule has 0 radical (unpaired) electrons. The lowest BCUT2D eigenvalue weighted by atomic mass is 9.99. The zero-order chi connectivity index (χ0) is 22.6. The van der Waals surface area contributed by atoms with Crippen molar-refractivity contribution < 1.29 is 23.1 Å². The van der Waals surface area contributed by atoms with Crippen molar-refractivity contribution in [1.82, 2.24) is 14.8 Å². The molecule has 2 aliphatic heterocycles. The van der Waals surface area contributed by atoms with Crippen LogP contribution in [0.1, 0.15) is 10.4 Å². The average Bonchev–Trinajstić information content (AvgIpc) is 3.13. The lowest BCUT2D eigenvalue weighted by molar-refractivity contribution is 0.0697. The fourth-order valence-corrected chi connectivity index (χ4v) is 3.65. The Hall–Kier alpha value is -4.40. The zero-order valence-corrected chi connectivity index (χ0v) is 16.1. The van der Waals surface area contributed by atoms with Crippen molar-refractivity contribution in [2.45, 2.75) is 0 Å². The van der Waals surface area contributed by atoms with Crippen LogP contribution in [0.15, 0.2) is 65.5 Å². The molecule has 158 valence electrons. The summed E-state index contributed by atoms with van der Waals surface area (Å²) in [4.78, 5) is 27.4. The zero-order valence-electron chi connectivity index (χ0n) is 16.1. The average molecular weight is 435 g/mol. The van der Waals surface area contributed by atoms with Gasteiger partial charge in [0.25, 0.3) is 5.56 Å². The maximum absolute atomic E-state index is 14.6. The third-order valence-corrected chi connectivity index (χ3v) is 5.17. The Labute approximate surface area is 177 Å². The number of carboxylic acids is 1. The molecule has 0 aliphatic carbocycles. The second-order valence-corrected chi connectivity index (χ2v) is 7.08. The summed E-state index contributed by atoms with van der Waals surface area (Å²) in [7, 11) is 0. The van der Waals surface area contributed by atoms with Gasteiger partial charge in [-0.3, -0.25) is 4.79 Å². The number of nitrogens with one attached hydrogen (secondary N) is 1. The number of halogens is 3. The van der Waals surface area contributed by atoms with Gasteiger partial charge in [0.2, 0.25) is 0 Å². The van der Waals surface area contributed by atoms with Gasteiger partial charge in [0, 0.05) is 22.5 Å². The molecule has 0 saturated heterocycles. The second-order valence-electron chi connectivity index (χ2n) is 7.08. The molecule has 0 atom stereocenters. The van der Waals surface area contributed by atoms with Gasteiger partial charge in [0.05, 0.1) is 22.5 Å². The van der Waals surface area contributed by atoms with Crippen LogP contribution in [-0.2, 0) is 0 Å². The minimum Gasteiger partial charge on any atom is -0.478 e. The van der Waals surface area contributed by atoms with Gasteiger partial charge < -0.3 is 10.1 Å². The van der Waals surface area contributed by atoms with Crippen LogP contribution >= 0.6 is 0 Å². The largest absolute Gasteiger partial charge is 0.478 e. The summed E-state index contributed by atoms with van der Waals surface area (Å²) in [6, 6.07) is 13.4. The lowest BCUT2D eigenvalue weighted by Gasteiger charge is -2.11. The van der Waals surface area contributed by atoms with Gasteiger partial charge in [-0.2, -0.15) is 9.78 Å². The molecule has 3 aromatic rings. The van der Waals surface area contributed by atoms with E-state index < -0.39 is 29.0 Å². The number of benzene rings is 3. The SMILES string of the molecule is O=C(O)c1ccc(-n2nc3c4ccccc4[nH]c(-c4cc(F)c(F)cc4F)c-3c2=O)cc1. The van der Waals surface area contributed by atoms with E-state index in [1.807, 2.05) is 0 Å². The molecule has 32 heavy (non-hydrogen) atoms. The van der Waals surface area contributed by atoms with Crippen LogP contribution in [0.25, 0.3) is 39.1 Å². The molecule has 0 bridgehead atoms. The van der Waals surface area contributed by atoms with Gasteiger partial charge in [-0.25, -0.2) is 18.0 Å². The van der Waals surface area contributed by atoms with E-state index in [9.17, 15) is 22.8 Å². The fourth-order valence-electron chi connectivity index (χ4n) is 3.65. The highest BCUT2D eigenvalue weighted by Gasteiger charge is 2.26. The first kappa shape index (κ1) is 19.6. The van der Waals surface area contributed by atoms with Crippen molar-refractivity contribution in [3.05, 3.63) is 94.0 Å². The predicted octanol–water partition coefficient (Wildman–Crippen LogP) is 4.60. The summed E-state index contributed by atoms with van der Waals surface area (Å²) < 4.78 is 43.1. The number of hydrogen-bond donors (Lipinski definition) is 2. The van der Waals surface area contributed by atoms with E-state index in [4.69, 9.17) is 5.11 Å². The Kier molecular flexibility index (Phi) is 4.33. The number of fused-ring (bicyclic) bond motifs is 3. The van der Waals surface area contributed by atoms with E-state index in [2.05, 4.69) is 10.1 Å². The third-order valence-electron chi connectivity index (χ3n) is 5.17. The van der Waals surface area contributed by atoms with E-state index in [0.717, 1.165) is 4.68 Å². The number of H-pyrrole nitrogens is 1. The molecule has 0 aromatic heterocycles. The van der Waals surface area contributed by atoms with Crippen LogP contribution in [0, 0.1) is 17.5 Å². The molecule has 3 aromatic carbocycles. The van der Waals surface area contributed by atoms with Crippen LogP contribution in [-0.4, -0.2) is 25.8 Å². The molecule has 0 amide bonds. The first-order valence-corrected chi connectivity index (χ1v) is 9.37. The van der Waals surface area contributed by atoms with Crippen LogP contribution in [0.4, 0.5) is 13.2 Å². The quantitative estimate of drug-likeness (QED) is 0.406. The highest BCUT2D eigenvalue weighted by molar-refractivity contribution is 5.99. The first-order chi connectivity index (χ1) is 15.3. The van der Waals surface area contributed by atoms with E-state index in [1.165, 1.54) is 24.3 Å². The second kappa shape index (κ2) is 7.09. The Morgan fingerprint density at radius 2 is 1.62 bits per heavy atom. The molecule has 2 N–H and O–H groups in total. The highest BCUT2D eigenvalue weighted by atomic mass is 19.2. The minimum atomic E-state index is -1.35. The first-order valence-electron chi connectivity index (χ1n) is 9.37. The van der Waals surface area contributed by atoms with E-state index >= 15 is 0 Å². The van der Waals surface area contributed by atoms with Crippen molar-refractivity contribution in [3.8, 4) is 28.2 Å². The van der Waals surface area contributed by atoms with E-state index in [1.54, 1.807) is 24.3 Å². The number of para-hydroxylation sites is 1. The molecule has 0 fully saturated rings. The number of nitrogens with zero attached hydrogens (tertiary/aromatic N) is 2. The molecule has 9 heteroatoms. The Balaban J connectivity index is 1.85. The molecule has 6 nitrogen and oxygen atoms in total. The standard InChI is InChI=1S/C23H12F3N3O3/c24-15-10-17(26)16(25)9-14(15)20-19-21(13-3-1-2-4-18(13)27-20)28-29(22(19)30)12-7-5-11(6-8-12)23(31)32/h1-10,27H,(H,31,32). The summed E-state index contributed by atoms with van der Waals surface area (Å²) in [5.74, 6) is -4.78. The number of aromatic carboxylic acids is 1. The molecule has 0 saturated carbocycles. The summed E-state index contributed by atoms with van der Waals surface area (Å²) in [5.41, 5.74) is 0.0280. The highest BCUT2D eigenvalue weighted by Crippen LogP contribution is 2.36. The number of carbonyl (C=O) groups is 1. The van der Waals surface area contributed by atoms with Gasteiger partial charge in [0.15, 0.2) is 11.6 Å². The van der Waals surface area contributed by atoms with E-state index in [0.29, 0.717) is 23.0 Å². The molecule has 2 aliphatic rings. The predicted molar refractivity (Wildman–Crippen MR) is 111 cm³/mol. The van der Waals surface area contributed by atoms with E-state index in [-0.39, 0.29) is 33.8 Å². The van der Waals surface area contributed by atoms with Crippen molar-refractivity contribution in [3.63, 3.8) is 0 Å². The maximum Gasteiger partial charge on any atom is 0.335 e. The number of aromatic nitrogens is 3. The number of pyridine rings is 1. The summed E-state index contributed by atoms with van der Waals surface area (Å²) in [5, 5.41) is 14.0. The smallest absolute Gasteiger partial charge is 0.335 e. The van der Waals surface area contributed by atoms with Crippen LogP contribution in [0.5, 0.6) is 0 Å². The lowest BCUT2D eigenvalue weighted by Crippen LogP contribution is -2.15. The molecule has 2 heterocycles. The van der Waals surface area contributed by atoms with Crippen molar-refractivity contribution in [2.24, 2.45) is 0 Å². The molecule has 5 rings (SSSR count). The Bertz CT molecular complexity index is 1560. The van der Waals surface area contributed by atoms with Crippen LogP contribution in [0.3, 0.4) is 0 Å². The monoisotopic (exact) mass is 435 g/mol. The maximum atomic E-state index is 14.6. The summed E-state index contributed by atoms with van der Waals surface area (Å²) in [6.07, 6.45) is 0. The fraction of sp³-hybridized carbons (Fsp3) is 0. The molecular weight excluding hydrogens is 423 g/mol.